The first-order valence-electron chi connectivity index (χ1n) is 16.2. The van der Waals surface area contributed by atoms with Crippen LogP contribution in [0.5, 0.6) is 34.5 Å². The molecule has 5 atom stereocenters. The third-order valence-electron chi connectivity index (χ3n) is 8.18. The summed E-state index contributed by atoms with van der Waals surface area (Å²) in [6.07, 6.45) is -4.24. The maximum absolute atomic E-state index is 14.0. The highest BCUT2D eigenvalue weighted by atomic mass is 16.7. The van der Waals surface area contributed by atoms with Crippen molar-refractivity contribution in [1.29, 1.82) is 0 Å². The van der Waals surface area contributed by atoms with Gasteiger partial charge in [-0.25, -0.2) is 9.59 Å². The van der Waals surface area contributed by atoms with Gasteiger partial charge in [0.05, 0.1) is 0 Å². The smallest absolute Gasteiger partial charge is 0.331 e. The van der Waals surface area contributed by atoms with Crippen LogP contribution in [0, 0.1) is 0 Å². The minimum atomic E-state index is -1.96. The monoisotopic (exact) mass is 740 g/mol. The first kappa shape index (κ1) is 37.0. The van der Waals surface area contributed by atoms with E-state index in [0.717, 1.165) is 24.3 Å². The van der Waals surface area contributed by atoms with Crippen LogP contribution in [-0.4, -0.2) is 85.0 Å². The van der Waals surface area contributed by atoms with E-state index in [0.29, 0.717) is 11.1 Å². The summed E-state index contributed by atoms with van der Waals surface area (Å²) in [5.74, 6) is -4.04. The second-order valence-corrected chi connectivity index (χ2v) is 12.0. The number of hydrogen-bond acceptors (Lipinski definition) is 15. The molecule has 4 aromatic carbocycles. The molecule has 0 spiro atoms. The van der Waals surface area contributed by atoms with Crippen molar-refractivity contribution in [1.82, 2.24) is 0 Å². The molecule has 0 radical (unpaired) electrons. The van der Waals surface area contributed by atoms with Crippen LogP contribution in [-0.2, 0) is 23.8 Å². The van der Waals surface area contributed by atoms with Crippen molar-refractivity contribution >= 4 is 35.1 Å². The quantitative estimate of drug-likeness (QED) is 0.0798. The van der Waals surface area contributed by atoms with Crippen LogP contribution in [0.4, 0.5) is 0 Å². The predicted octanol–water partition coefficient (Wildman–Crippen LogP) is 3.70. The third kappa shape index (κ3) is 8.45. The van der Waals surface area contributed by atoms with Gasteiger partial charge in [-0.1, -0.05) is 24.3 Å². The van der Waals surface area contributed by atoms with E-state index in [1.165, 1.54) is 72.8 Å². The average Bonchev–Trinajstić information content (AvgIpc) is 3.14. The van der Waals surface area contributed by atoms with Gasteiger partial charge in [0.25, 0.3) is 0 Å². The zero-order chi connectivity index (χ0) is 38.5. The van der Waals surface area contributed by atoms with E-state index in [9.17, 15) is 50.1 Å². The SMILES string of the molecule is O=C(C=Cc1ccc(O)cc1)OC[C@H]1O[C@@H](Oc2c(-c3ccc(O)cc3)oc3cc(O)cc(O)c3c2=O)[C@H](OC(=O)C=Cc2ccc(O)cc2)[C@@H](O)[C@@H]1O. The average molecular weight is 741 g/mol. The van der Waals surface area contributed by atoms with Crippen LogP contribution in [0.25, 0.3) is 34.4 Å². The highest BCUT2D eigenvalue weighted by Gasteiger charge is 2.49. The van der Waals surface area contributed by atoms with Crippen LogP contribution >= 0.6 is 0 Å². The Hall–Kier alpha value is -6.81. The molecule has 278 valence electrons. The number of benzene rings is 4. The molecule has 0 aliphatic carbocycles. The maximum Gasteiger partial charge on any atom is 0.331 e. The topological polar surface area (TPSA) is 243 Å². The fourth-order valence-corrected chi connectivity index (χ4v) is 5.44. The van der Waals surface area contributed by atoms with Gasteiger partial charge >= 0.3 is 11.9 Å². The Labute approximate surface area is 305 Å². The number of ether oxygens (including phenoxy) is 4. The summed E-state index contributed by atoms with van der Waals surface area (Å²) in [7, 11) is 0. The van der Waals surface area contributed by atoms with Crippen molar-refractivity contribution in [2.24, 2.45) is 0 Å². The van der Waals surface area contributed by atoms with E-state index in [4.69, 9.17) is 23.4 Å². The van der Waals surface area contributed by atoms with Gasteiger partial charge in [0.2, 0.25) is 17.5 Å². The van der Waals surface area contributed by atoms with Crippen molar-refractivity contribution in [2.45, 2.75) is 30.7 Å². The van der Waals surface area contributed by atoms with E-state index < -0.39 is 77.3 Å². The molecular formula is C39H32O15. The van der Waals surface area contributed by atoms with Crippen molar-refractivity contribution in [3.8, 4) is 45.8 Å². The Morgan fingerprint density at radius 3 is 1.85 bits per heavy atom. The normalized spacial score (nSPS) is 19.9. The number of hydrogen-bond donors (Lipinski definition) is 7. The summed E-state index contributed by atoms with van der Waals surface area (Å²) in [5.41, 5.74) is -0.0115. The molecule has 0 bridgehead atoms. The van der Waals surface area contributed by atoms with E-state index in [1.54, 1.807) is 12.1 Å². The Morgan fingerprint density at radius 2 is 1.26 bits per heavy atom. The largest absolute Gasteiger partial charge is 0.508 e. The zero-order valence-electron chi connectivity index (χ0n) is 27.9. The second-order valence-electron chi connectivity index (χ2n) is 12.0. The molecule has 1 fully saturated rings. The Bertz CT molecular complexity index is 2260. The lowest BCUT2D eigenvalue weighted by Crippen LogP contribution is -2.61. The molecule has 7 N–H and O–H groups in total. The van der Waals surface area contributed by atoms with Crippen LogP contribution < -0.4 is 10.2 Å². The fraction of sp³-hybridized carbons (Fsp3) is 0.154. The van der Waals surface area contributed by atoms with Gasteiger partial charge in [0, 0.05) is 29.8 Å². The molecule has 1 saturated heterocycles. The van der Waals surface area contributed by atoms with Crippen LogP contribution in [0.1, 0.15) is 11.1 Å². The molecule has 2 heterocycles. The van der Waals surface area contributed by atoms with Gasteiger partial charge in [0.1, 0.15) is 64.6 Å². The molecule has 0 amide bonds. The molecule has 1 aromatic heterocycles. The Balaban J connectivity index is 1.33. The number of aliphatic hydroxyl groups is 2. The van der Waals surface area contributed by atoms with E-state index >= 15 is 0 Å². The highest BCUT2D eigenvalue weighted by Crippen LogP contribution is 2.38. The first-order valence-corrected chi connectivity index (χ1v) is 16.2. The summed E-state index contributed by atoms with van der Waals surface area (Å²) in [5, 5.41) is 71.5. The van der Waals surface area contributed by atoms with Gasteiger partial charge in [0.15, 0.2) is 11.9 Å². The minimum absolute atomic E-state index is 0.00487. The fourth-order valence-electron chi connectivity index (χ4n) is 5.44. The number of aliphatic hydroxyl groups excluding tert-OH is 2. The molecule has 1 aliphatic rings. The van der Waals surface area contributed by atoms with Crippen molar-refractivity contribution in [2.75, 3.05) is 6.61 Å². The summed E-state index contributed by atoms with van der Waals surface area (Å²) < 4.78 is 28.6. The van der Waals surface area contributed by atoms with E-state index in [-0.39, 0.29) is 34.2 Å². The number of fused-ring (bicyclic) bond motifs is 1. The van der Waals surface area contributed by atoms with E-state index in [2.05, 4.69) is 0 Å². The van der Waals surface area contributed by atoms with Gasteiger partial charge in [-0.15, -0.1) is 0 Å². The molecule has 0 saturated carbocycles. The van der Waals surface area contributed by atoms with Crippen LogP contribution in [0.2, 0.25) is 0 Å². The lowest BCUT2D eigenvalue weighted by Gasteiger charge is -2.41. The number of rotatable bonds is 10. The number of aromatic hydroxyl groups is 5. The van der Waals surface area contributed by atoms with Gasteiger partial charge < -0.3 is 59.1 Å². The molecule has 5 aromatic rings. The highest BCUT2D eigenvalue weighted by molar-refractivity contribution is 5.89. The van der Waals surface area contributed by atoms with Crippen molar-refractivity contribution < 1.29 is 68.7 Å². The molecule has 54 heavy (non-hydrogen) atoms. The maximum atomic E-state index is 14.0. The van der Waals surface area contributed by atoms with Crippen LogP contribution in [0.3, 0.4) is 0 Å². The summed E-state index contributed by atoms with van der Waals surface area (Å²) in [4.78, 5) is 39.6. The minimum Gasteiger partial charge on any atom is -0.508 e. The lowest BCUT2D eigenvalue weighted by molar-refractivity contribution is -0.282. The molecular weight excluding hydrogens is 708 g/mol. The van der Waals surface area contributed by atoms with E-state index in [1.807, 2.05) is 0 Å². The molecule has 1 aliphatic heterocycles. The number of phenolic OH excluding ortho intramolecular Hbond substituents is 5. The van der Waals surface area contributed by atoms with Gasteiger partial charge in [-0.05, 0) is 71.8 Å². The number of carbonyl (C=O) groups excluding carboxylic acids is 2. The Morgan fingerprint density at radius 1 is 0.704 bits per heavy atom. The molecule has 15 heteroatoms. The van der Waals surface area contributed by atoms with Crippen molar-refractivity contribution in [3.63, 3.8) is 0 Å². The van der Waals surface area contributed by atoms with Gasteiger partial charge in [-0.3, -0.25) is 4.79 Å². The standard InChI is InChI=1S/C39H32O15/c40-23-9-1-20(2-10-23)5-15-30(45)50-19-29-33(47)35(49)38(53-31(46)16-6-21-3-11-24(41)12-4-21)39(52-29)54-37-34(48)32-27(44)17-26(43)18-28(32)51-36(37)22-7-13-25(42)14-8-22/h1-18,29,33,35,38-44,47,49H,19H2/t29-,33-,35+,38-,39+/m1/s1. The van der Waals surface area contributed by atoms with Crippen LogP contribution in [0.15, 0.2) is 106 Å². The number of phenols is 5. The van der Waals surface area contributed by atoms with Gasteiger partial charge in [-0.2, -0.15) is 0 Å². The molecule has 0 unspecified atom stereocenters. The number of carbonyl (C=O) groups is 2. The summed E-state index contributed by atoms with van der Waals surface area (Å²) in [6, 6.07) is 19.0. The lowest BCUT2D eigenvalue weighted by atomic mass is 9.99. The second kappa shape index (κ2) is 15.8. The summed E-state index contributed by atoms with van der Waals surface area (Å²) >= 11 is 0. The first-order chi connectivity index (χ1) is 25.9. The Kier molecular flexibility index (Phi) is 10.8. The molecule has 6 rings (SSSR count). The van der Waals surface area contributed by atoms with Crippen molar-refractivity contribution in [3.05, 3.63) is 118 Å². The molecule has 15 nitrogen and oxygen atoms in total. The third-order valence-corrected chi connectivity index (χ3v) is 8.18. The zero-order valence-corrected chi connectivity index (χ0v) is 27.9. The summed E-state index contributed by atoms with van der Waals surface area (Å²) in [6.45, 7) is -0.657. The predicted molar refractivity (Wildman–Crippen MR) is 189 cm³/mol. The number of esters is 2.